The highest BCUT2D eigenvalue weighted by Gasteiger charge is 2.58. The van der Waals surface area contributed by atoms with Crippen LogP contribution in [0.1, 0.15) is 84.3 Å². The number of carbonyl (C=O) groups excluding carboxylic acids is 3. The van der Waals surface area contributed by atoms with Crippen LogP contribution in [0.3, 0.4) is 0 Å². The van der Waals surface area contributed by atoms with E-state index in [2.05, 4.69) is 25.7 Å². The van der Waals surface area contributed by atoms with E-state index in [1.54, 1.807) is 0 Å². The van der Waals surface area contributed by atoms with Crippen molar-refractivity contribution in [2.45, 2.75) is 81.5 Å². The fraction of sp³-hybridized carbons (Fsp3) is 0.577. The van der Waals surface area contributed by atoms with Crippen molar-refractivity contribution >= 4 is 23.4 Å². The SMILES string of the molecule is NC(=O)[C@]1(Cc2cnn3cc([C@@H](NC(=O)c4nonc4C4CC4)C4CCC(F)(F)CC4)nc3c2)C[C@@H](C(F)(F)F)NC1=O. The Morgan fingerprint density at radius 2 is 1.91 bits per heavy atom. The number of aromatic nitrogens is 5. The van der Waals surface area contributed by atoms with Crippen LogP contribution in [-0.4, -0.2) is 60.8 Å². The van der Waals surface area contributed by atoms with Gasteiger partial charge in [-0.25, -0.2) is 22.9 Å². The summed E-state index contributed by atoms with van der Waals surface area (Å²) in [5.41, 5.74) is 4.46. The zero-order chi connectivity index (χ0) is 30.7. The van der Waals surface area contributed by atoms with Crippen LogP contribution in [0.5, 0.6) is 0 Å². The van der Waals surface area contributed by atoms with Gasteiger partial charge in [-0.2, -0.15) is 18.3 Å². The Morgan fingerprint density at radius 3 is 2.53 bits per heavy atom. The Morgan fingerprint density at radius 1 is 1.19 bits per heavy atom. The monoisotopic (exact) mass is 610 g/mol. The molecule has 6 rings (SSSR count). The first-order valence-corrected chi connectivity index (χ1v) is 13.8. The molecule has 3 aliphatic rings. The van der Waals surface area contributed by atoms with Crippen LogP contribution < -0.4 is 16.4 Å². The van der Waals surface area contributed by atoms with Crippen molar-refractivity contribution in [2.75, 3.05) is 0 Å². The van der Waals surface area contributed by atoms with Crippen molar-refractivity contribution in [1.82, 2.24) is 35.5 Å². The van der Waals surface area contributed by atoms with E-state index in [1.807, 2.05) is 5.32 Å². The Balaban J connectivity index is 1.29. The molecule has 3 aromatic rings. The third kappa shape index (κ3) is 5.51. The number of nitrogens with one attached hydrogen (secondary N) is 2. The molecule has 3 atom stereocenters. The molecule has 2 saturated carbocycles. The predicted molar refractivity (Wildman–Crippen MR) is 134 cm³/mol. The molecular formula is C26H27F5N8O4. The fourth-order valence-electron chi connectivity index (χ4n) is 5.98. The number of amides is 3. The van der Waals surface area contributed by atoms with Gasteiger partial charge in [-0.15, -0.1) is 0 Å². The van der Waals surface area contributed by atoms with Gasteiger partial charge >= 0.3 is 6.18 Å². The quantitative estimate of drug-likeness (QED) is 0.258. The first-order valence-electron chi connectivity index (χ1n) is 13.8. The number of nitrogens with zero attached hydrogens (tertiary/aromatic N) is 5. The summed E-state index contributed by atoms with van der Waals surface area (Å²) in [5.74, 6) is -6.08. The summed E-state index contributed by atoms with van der Waals surface area (Å²) in [7, 11) is 0. The molecule has 2 aliphatic carbocycles. The minimum absolute atomic E-state index is 0.0153. The lowest BCUT2D eigenvalue weighted by Crippen LogP contribution is -2.45. The number of rotatable bonds is 8. The zero-order valence-electron chi connectivity index (χ0n) is 22.5. The van der Waals surface area contributed by atoms with Gasteiger partial charge < -0.3 is 16.4 Å². The van der Waals surface area contributed by atoms with Crippen molar-refractivity contribution in [1.29, 1.82) is 0 Å². The van der Waals surface area contributed by atoms with Crippen LogP contribution in [0.25, 0.3) is 5.65 Å². The van der Waals surface area contributed by atoms with Gasteiger partial charge in [-0.05, 0) is 61.2 Å². The number of imidazole rings is 1. The number of fused-ring (bicyclic) bond motifs is 1. The van der Waals surface area contributed by atoms with Crippen molar-refractivity contribution in [3.8, 4) is 0 Å². The highest BCUT2D eigenvalue weighted by atomic mass is 19.4. The van der Waals surface area contributed by atoms with Gasteiger partial charge in [0.2, 0.25) is 17.7 Å². The summed E-state index contributed by atoms with van der Waals surface area (Å²) < 4.78 is 74.1. The Labute approximate surface area is 239 Å². The number of alkyl halides is 5. The molecule has 12 nitrogen and oxygen atoms in total. The molecule has 0 unspecified atom stereocenters. The van der Waals surface area contributed by atoms with E-state index in [-0.39, 0.29) is 48.5 Å². The molecule has 1 aliphatic heterocycles. The van der Waals surface area contributed by atoms with Crippen molar-refractivity contribution in [3.05, 3.63) is 41.1 Å². The average molecular weight is 611 g/mol. The molecule has 17 heteroatoms. The van der Waals surface area contributed by atoms with E-state index in [0.29, 0.717) is 11.4 Å². The van der Waals surface area contributed by atoms with Gasteiger partial charge in [0.25, 0.3) is 5.91 Å². The topological polar surface area (TPSA) is 170 Å². The van der Waals surface area contributed by atoms with Gasteiger partial charge in [-0.1, -0.05) is 5.16 Å². The second kappa shape index (κ2) is 10.2. The number of primary amides is 1. The molecule has 3 aromatic heterocycles. The number of nitrogens with two attached hydrogens (primary N) is 1. The van der Waals surface area contributed by atoms with E-state index >= 15 is 0 Å². The molecular weight excluding hydrogens is 583 g/mol. The summed E-state index contributed by atoms with van der Waals surface area (Å²) in [5, 5.41) is 16.5. The average Bonchev–Trinajstić information content (AvgIpc) is 3.34. The van der Waals surface area contributed by atoms with E-state index < -0.39 is 66.1 Å². The fourth-order valence-corrected chi connectivity index (χ4v) is 5.98. The smallest absolute Gasteiger partial charge is 0.369 e. The van der Waals surface area contributed by atoms with E-state index in [0.717, 1.165) is 12.8 Å². The van der Waals surface area contributed by atoms with E-state index in [1.165, 1.54) is 23.0 Å². The molecule has 3 fully saturated rings. The molecule has 0 radical (unpaired) electrons. The first-order chi connectivity index (χ1) is 20.3. The molecule has 4 N–H and O–H groups in total. The highest BCUT2D eigenvalue weighted by Crippen LogP contribution is 2.43. The van der Waals surface area contributed by atoms with Crippen LogP contribution in [0.15, 0.2) is 23.1 Å². The van der Waals surface area contributed by atoms with Gasteiger partial charge in [-0.3, -0.25) is 14.4 Å². The number of hydrogen-bond acceptors (Lipinski definition) is 8. The number of halogens is 5. The van der Waals surface area contributed by atoms with Crippen molar-refractivity contribution < 1.29 is 41.0 Å². The molecule has 43 heavy (non-hydrogen) atoms. The first kappa shape index (κ1) is 28.9. The van der Waals surface area contributed by atoms with Gasteiger partial charge in [0.15, 0.2) is 11.3 Å². The summed E-state index contributed by atoms with van der Waals surface area (Å²) in [6.07, 6.45) is -2.15. The maximum Gasteiger partial charge on any atom is 0.408 e. The van der Waals surface area contributed by atoms with Crippen LogP contribution in [0.2, 0.25) is 0 Å². The van der Waals surface area contributed by atoms with E-state index in [9.17, 15) is 36.3 Å². The standard InChI is InChI=1S/C26H27F5N8O4/c27-25(28)5-3-14(4-6-25)18(36-21(40)20-19(13-1-2-13)37-43-38-20)15-11-39-17(34-15)7-12(10-33-39)8-24(22(32)41)9-16(26(29,30)31)35-23(24)42/h7,10-11,13-14,16,18H,1-6,8-9H2,(H2,32,41)(H,35,42)(H,36,40)/t16-,18-,24-/m0/s1. The minimum atomic E-state index is -4.77. The largest absolute Gasteiger partial charge is 0.408 e. The Bertz CT molecular complexity index is 1570. The molecule has 0 bridgehead atoms. The van der Waals surface area contributed by atoms with Crippen LogP contribution in [0.4, 0.5) is 22.0 Å². The third-order valence-corrected chi connectivity index (χ3v) is 8.59. The summed E-state index contributed by atoms with van der Waals surface area (Å²) >= 11 is 0. The summed E-state index contributed by atoms with van der Waals surface area (Å²) in [4.78, 5) is 42.7. The molecule has 3 amide bonds. The van der Waals surface area contributed by atoms with Crippen LogP contribution >= 0.6 is 0 Å². The normalized spacial score (nSPS) is 25.0. The molecule has 4 heterocycles. The van der Waals surface area contributed by atoms with Gasteiger partial charge in [0.05, 0.1) is 24.1 Å². The molecule has 0 spiro atoms. The lowest BCUT2D eigenvalue weighted by Gasteiger charge is -2.33. The van der Waals surface area contributed by atoms with Crippen LogP contribution in [0, 0.1) is 11.3 Å². The zero-order valence-corrected chi connectivity index (χ0v) is 22.5. The number of carbonyl (C=O) groups is 3. The van der Waals surface area contributed by atoms with Gasteiger partial charge in [0.1, 0.15) is 17.2 Å². The van der Waals surface area contributed by atoms with Gasteiger partial charge in [0, 0.05) is 18.8 Å². The number of hydrogen-bond donors (Lipinski definition) is 3. The molecule has 230 valence electrons. The predicted octanol–water partition coefficient (Wildman–Crippen LogP) is 2.75. The Hall–Kier alpha value is -4.18. The lowest BCUT2D eigenvalue weighted by molar-refractivity contribution is -0.155. The van der Waals surface area contributed by atoms with Crippen molar-refractivity contribution in [3.63, 3.8) is 0 Å². The van der Waals surface area contributed by atoms with E-state index in [4.69, 9.17) is 10.4 Å². The molecule has 1 saturated heterocycles. The third-order valence-electron chi connectivity index (χ3n) is 8.59. The molecule has 0 aromatic carbocycles. The lowest BCUT2D eigenvalue weighted by atomic mass is 9.78. The minimum Gasteiger partial charge on any atom is -0.369 e. The summed E-state index contributed by atoms with van der Waals surface area (Å²) in [6.45, 7) is 0. The highest BCUT2D eigenvalue weighted by molar-refractivity contribution is 6.06. The Kier molecular flexibility index (Phi) is 6.87. The second-order valence-electron chi connectivity index (χ2n) is 11.6. The van der Waals surface area contributed by atoms with Crippen molar-refractivity contribution in [2.24, 2.45) is 17.1 Å². The van der Waals surface area contributed by atoms with Crippen LogP contribution in [-0.2, 0) is 16.0 Å². The maximum absolute atomic E-state index is 14.0. The summed E-state index contributed by atoms with van der Waals surface area (Å²) in [6, 6.07) is -1.60. The second-order valence-corrected chi connectivity index (χ2v) is 11.6. The maximum atomic E-state index is 14.0.